The molecule has 1 aromatic carbocycles. The Balaban J connectivity index is 0.000000980. The zero-order valence-corrected chi connectivity index (χ0v) is 10.4. The van der Waals surface area contributed by atoms with E-state index in [1.807, 2.05) is 23.0 Å². The van der Waals surface area contributed by atoms with Crippen LogP contribution in [0.15, 0.2) is 24.3 Å². The van der Waals surface area contributed by atoms with Gasteiger partial charge in [-0.1, -0.05) is 12.1 Å². The molecule has 0 amide bonds. The first-order valence-electron chi connectivity index (χ1n) is 4.27. The summed E-state index contributed by atoms with van der Waals surface area (Å²) in [4.78, 5) is 6.03. The fourth-order valence-corrected chi connectivity index (χ4v) is 1.33. The van der Waals surface area contributed by atoms with Gasteiger partial charge in [0.1, 0.15) is 5.69 Å². The Labute approximate surface area is 101 Å². The molecule has 4 heteroatoms. The molecule has 74 valence electrons. The lowest BCUT2D eigenvalue weighted by atomic mass is 10.2. The number of rotatable bonds is 1. The predicted molar refractivity (Wildman–Crippen MR) is 53.5 cm³/mol. The van der Waals surface area contributed by atoms with Crippen molar-refractivity contribution in [3.8, 4) is 6.19 Å². The molecular weight excluding hydrogens is 289 g/mol. The van der Waals surface area contributed by atoms with E-state index >= 15 is 0 Å². The van der Waals surface area contributed by atoms with Crippen LogP contribution in [-0.4, -0.2) is 18.7 Å². The minimum absolute atomic E-state index is 0. The van der Waals surface area contributed by atoms with Crippen molar-refractivity contribution in [1.29, 1.82) is 0 Å². The van der Waals surface area contributed by atoms with Crippen molar-refractivity contribution in [2.24, 2.45) is 0 Å². The topological polar surface area (TPSA) is 10.8 Å². The van der Waals surface area contributed by atoms with Gasteiger partial charge in [0.2, 0.25) is 6.67 Å². The molecule has 0 atom stereocenters. The van der Waals surface area contributed by atoms with Gasteiger partial charge in [-0.25, -0.2) is 0 Å². The van der Waals surface area contributed by atoms with E-state index in [1.165, 1.54) is 5.56 Å². The molecule has 0 fully saturated rings. The van der Waals surface area contributed by atoms with Crippen LogP contribution in [0.5, 0.6) is 0 Å². The first kappa shape index (κ1) is 11.1. The number of nitrogens with zero attached hydrogens (tertiary/aromatic N) is 3. The standard InChI is InChI=1S/C10H12N3.HI/c1-9-4-3-5-10(6-9)13-7-11-12(2)8-13;/h3-6H,8H2,1-2H3;1H/q+1;/p-1. The lowest BCUT2D eigenvalue weighted by molar-refractivity contribution is -0.00000272. The molecule has 1 aliphatic rings. The maximum absolute atomic E-state index is 4.03. The van der Waals surface area contributed by atoms with Crippen molar-refractivity contribution >= 4 is 5.69 Å². The summed E-state index contributed by atoms with van der Waals surface area (Å²) in [7, 11) is 1.93. The molecule has 0 N–H and O–H groups in total. The molecule has 1 aliphatic heterocycles. The molecule has 0 aliphatic carbocycles. The average molecular weight is 301 g/mol. The van der Waals surface area contributed by atoms with Crippen molar-refractivity contribution < 1.29 is 24.0 Å². The third-order valence-electron chi connectivity index (χ3n) is 2.00. The van der Waals surface area contributed by atoms with Gasteiger partial charge in [-0.2, -0.15) is 4.90 Å². The zero-order chi connectivity index (χ0) is 9.26. The van der Waals surface area contributed by atoms with Crippen molar-refractivity contribution in [2.75, 3.05) is 18.6 Å². The predicted octanol–water partition coefficient (Wildman–Crippen LogP) is -1.09. The number of hydrogen-bond acceptors (Lipinski definition) is 2. The van der Waals surface area contributed by atoms with Crippen LogP contribution in [-0.2, 0) is 0 Å². The average Bonchev–Trinajstić information content (AvgIpc) is 2.52. The van der Waals surface area contributed by atoms with Gasteiger partial charge in [-0.05, 0) is 29.6 Å². The first-order valence-corrected chi connectivity index (χ1v) is 4.27. The summed E-state index contributed by atoms with van der Waals surface area (Å²) in [5.41, 5.74) is 2.40. The summed E-state index contributed by atoms with van der Waals surface area (Å²) in [6, 6.07) is 8.32. The quantitative estimate of drug-likeness (QED) is 0.482. The number of benzene rings is 1. The monoisotopic (exact) mass is 301 g/mol. The number of anilines is 1. The summed E-state index contributed by atoms with van der Waals surface area (Å²) in [5.74, 6) is 0. The highest BCUT2D eigenvalue weighted by Crippen LogP contribution is 2.17. The Kier molecular flexibility index (Phi) is 3.58. The van der Waals surface area contributed by atoms with Crippen LogP contribution in [0.1, 0.15) is 5.56 Å². The first-order chi connectivity index (χ1) is 6.25. The molecule has 0 saturated carbocycles. The van der Waals surface area contributed by atoms with E-state index < -0.39 is 0 Å². The summed E-state index contributed by atoms with van der Waals surface area (Å²) in [5, 5.41) is 1.85. The fourth-order valence-electron chi connectivity index (χ4n) is 1.33. The smallest absolute Gasteiger partial charge is 0.415 e. The molecule has 2 rings (SSSR count). The molecule has 1 aromatic rings. The molecule has 0 unspecified atom stereocenters. The summed E-state index contributed by atoms with van der Waals surface area (Å²) < 4.78 is 0. The van der Waals surface area contributed by atoms with Crippen LogP contribution in [0.3, 0.4) is 0 Å². The highest BCUT2D eigenvalue weighted by molar-refractivity contribution is 5.53. The third kappa shape index (κ3) is 2.29. The normalized spacial score (nSPS) is 13.3. The van der Waals surface area contributed by atoms with Gasteiger partial charge in [0.05, 0.1) is 7.05 Å². The Bertz CT molecular complexity index is 380. The minimum atomic E-state index is 0. The largest absolute Gasteiger partial charge is 1.00 e. The van der Waals surface area contributed by atoms with Crippen molar-refractivity contribution in [1.82, 2.24) is 5.01 Å². The lowest BCUT2D eigenvalue weighted by Crippen LogP contribution is -3.00. The maximum Gasteiger partial charge on any atom is 0.415 e. The molecular formula is C10H12IN3. The van der Waals surface area contributed by atoms with Gasteiger partial charge < -0.3 is 24.0 Å². The Morgan fingerprint density at radius 1 is 1.43 bits per heavy atom. The zero-order valence-electron chi connectivity index (χ0n) is 8.24. The van der Waals surface area contributed by atoms with Gasteiger partial charge in [0.15, 0.2) is 0 Å². The number of hydrogen-bond donors (Lipinski definition) is 0. The van der Waals surface area contributed by atoms with Crippen LogP contribution in [0.4, 0.5) is 5.69 Å². The van der Waals surface area contributed by atoms with E-state index in [0.717, 1.165) is 12.4 Å². The number of aryl methyl sites for hydroxylation is 1. The second kappa shape index (κ2) is 4.51. The van der Waals surface area contributed by atoms with E-state index in [2.05, 4.69) is 36.3 Å². The van der Waals surface area contributed by atoms with Crippen molar-refractivity contribution in [3.05, 3.63) is 34.8 Å². The molecule has 0 spiro atoms. The van der Waals surface area contributed by atoms with Gasteiger partial charge in [0, 0.05) is 0 Å². The SMILES string of the molecule is Cc1cccc(N2C#[N+]N(C)C2)c1.[I-]. The molecule has 1 heterocycles. The van der Waals surface area contributed by atoms with E-state index in [9.17, 15) is 0 Å². The summed E-state index contributed by atoms with van der Waals surface area (Å²) in [6.07, 6.45) is 2.93. The molecule has 3 nitrogen and oxygen atoms in total. The Hall–Kier alpha value is -0.960. The molecule has 0 radical (unpaired) electrons. The van der Waals surface area contributed by atoms with Gasteiger partial charge in [-0.15, -0.1) is 5.01 Å². The summed E-state index contributed by atoms with van der Waals surface area (Å²) >= 11 is 0. The minimum Gasteiger partial charge on any atom is -1.00 e. The Morgan fingerprint density at radius 2 is 2.21 bits per heavy atom. The second-order valence-electron chi connectivity index (χ2n) is 3.27. The molecule has 14 heavy (non-hydrogen) atoms. The fraction of sp³-hybridized carbons (Fsp3) is 0.300. The van der Waals surface area contributed by atoms with E-state index in [4.69, 9.17) is 0 Å². The third-order valence-corrected chi connectivity index (χ3v) is 2.00. The van der Waals surface area contributed by atoms with E-state index in [0.29, 0.717) is 0 Å². The van der Waals surface area contributed by atoms with Crippen LogP contribution >= 0.6 is 0 Å². The van der Waals surface area contributed by atoms with E-state index in [1.54, 1.807) is 0 Å². The Morgan fingerprint density at radius 3 is 2.79 bits per heavy atom. The van der Waals surface area contributed by atoms with Crippen LogP contribution in [0, 0.1) is 13.1 Å². The number of halogens is 1. The van der Waals surface area contributed by atoms with Gasteiger partial charge in [0.25, 0.3) is 0 Å². The lowest BCUT2D eigenvalue weighted by Gasteiger charge is -2.05. The van der Waals surface area contributed by atoms with Crippen LogP contribution in [0.2, 0.25) is 0 Å². The highest BCUT2D eigenvalue weighted by Gasteiger charge is 2.22. The van der Waals surface area contributed by atoms with Gasteiger partial charge >= 0.3 is 6.19 Å². The maximum atomic E-state index is 4.03. The van der Waals surface area contributed by atoms with Crippen molar-refractivity contribution in [3.63, 3.8) is 0 Å². The molecule has 0 aromatic heterocycles. The van der Waals surface area contributed by atoms with E-state index in [-0.39, 0.29) is 24.0 Å². The van der Waals surface area contributed by atoms with Crippen LogP contribution in [0.25, 0.3) is 4.95 Å². The summed E-state index contributed by atoms with van der Waals surface area (Å²) in [6.45, 7) is 2.86. The van der Waals surface area contributed by atoms with Crippen molar-refractivity contribution in [2.45, 2.75) is 6.92 Å². The molecule has 0 bridgehead atoms. The molecule has 0 saturated heterocycles. The van der Waals surface area contributed by atoms with Crippen LogP contribution < -0.4 is 28.9 Å². The van der Waals surface area contributed by atoms with Gasteiger partial charge in [-0.3, -0.25) is 0 Å². The highest BCUT2D eigenvalue weighted by atomic mass is 127. The second-order valence-corrected chi connectivity index (χ2v) is 3.27.